The summed E-state index contributed by atoms with van der Waals surface area (Å²) in [7, 11) is 0. The highest BCUT2D eigenvalue weighted by molar-refractivity contribution is 5.58. The summed E-state index contributed by atoms with van der Waals surface area (Å²) in [4.78, 5) is 5.17. The first kappa shape index (κ1) is 11.1. The van der Waals surface area contributed by atoms with Gasteiger partial charge in [0, 0.05) is 12.2 Å². The van der Waals surface area contributed by atoms with E-state index in [9.17, 15) is 13.2 Å². The summed E-state index contributed by atoms with van der Waals surface area (Å²) in [5.74, 6) is 0. The molecule has 2 N–H and O–H groups in total. The molecular weight excluding hydrogens is 221 g/mol. The maximum Gasteiger partial charge on any atom is 0.418 e. The standard InChI is InChI=1S/C10H11F3N2O/c11-10(12,13)8-6-7(2-3-9(8)14)15-4-1-5-16-15/h2-3,6H,1,4-5,14H2. The fraction of sp³-hybridized carbons (Fsp3) is 0.400. The number of hydroxylamine groups is 1. The van der Waals surface area contributed by atoms with Crippen LogP contribution in [0.15, 0.2) is 18.2 Å². The van der Waals surface area contributed by atoms with Crippen LogP contribution in [0.5, 0.6) is 0 Å². The molecule has 1 aromatic rings. The largest absolute Gasteiger partial charge is 0.418 e. The van der Waals surface area contributed by atoms with Crippen molar-refractivity contribution in [3.05, 3.63) is 23.8 Å². The maximum atomic E-state index is 12.6. The summed E-state index contributed by atoms with van der Waals surface area (Å²) in [5.41, 5.74) is 4.60. The van der Waals surface area contributed by atoms with E-state index >= 15 is 0 Å². The van der Waals surface area contributed by atoms with Crippen molar-refractivity contribution < 1.29 is 18.0 Å². The van der Waals surface area contributed by atoms with Gasteiger partial charge >= 0.3 is 6.18 Å². The van der Waals surface area contributed by atoms with Crippen LogP contribution in [0.25, 0.3) is 0 Å². The smallest absolute Gasteiger partial charge is 0.398 e. The van der Waals surface area contributed by atoms with Crippen LogP contribution in [0.3, 0.4) is 0 Å². The highest BCUT2D eigenvalue weighted by atomic mass is 19.4. The molecule has 1 aliphatic heterocycles. The van der Waals surface area contributed by atoms with E-state index in [1.807, 2.05) is 0 Å². The Balaban J connectivity index is 2.35. The van der Waals surface area contributed by atoms with Crippen molar-refractivity contribution in [2.75, 3.05) is 23.9 Å². The monoisotopic (exact) mass is 232 g/mol. The third kappa shape index (κ3) is 2.06. The molecule has 0 radical (unpaired) electrons. The Morgan fingerprint density at radius 2 is 2.06 bits per heavy atom. The van der Waals surface area contributed by atoms with E-state index in [-0.39, 0.29) is 5.69 Å². The summed E-state index contributed by atoms with van der Waals surface area (Å²) >= 11 is 0. The predicted octanol–water partition coefficient (Wildman–Crippen LogP) is 2.43. The van der Waals surface area contributed by atoms with E-state index in [0.717, 1.165) is 12.5 Å². The third-order valence-electron chi connectivity index (χ3n) is 2.38. The normalized spacial score (nSPS) is 16.8. The van der Waals surface area contributed by atoms with Gasteiger partial charge in [-0.15, -0.1) is 0 Å². The summed E-state index contributed by atoms with van der Waals surface area (Å²) < 4.78 is 37.7. The molecule has 6 heteroatoms. The Morgan fingerprint density at radius 1 is 1.31 bits per heavy atom. The lowest BCUT2D eigenvalue weighted by molar-refractivity contribution is -0.136. The van der Waals surface area contributed by atoms with Gasteiger partial charge in [-0.25, -0.2) is 0 Å². The number of nitrogens with zero attached hydrogens (tertiary/aromatic N) is 1. The molecule has 0 saturated carbocycles. The molecule has 16 heavy (non-hydrogen) atoms. The number of nitrogens with two attached hydrogens (primary N) is 1. The average molecular weight is 232 g/mol. The zero-order valence-electron chi connectivity index (χ0n) is 8.42. The molecule has 0 spiro atoms. The quantitative estimate of drug-likeness (QED) is 0.756. The van der Waals surface area contributed by atoms with Crippen LogP contribution in [-0.4, -0.2) is 13.2 Å². The van der Waals surface area contributed by atoms with Crippen molar-refractivity contribution in [2.24, 2.45) is 0 Å². The molecule has 1 heterocycles. The number of rotatable bonds is 1. The minimum Gasteiger partial charge on any atom is -0.398 e. The summed E-state index contributed by atoms with van der Waals surface area (Å²) in [5, 5.41) is 1.45. The number of hydrogen-bond donors (Lipinski definition) is 1. The summed E-state index contributed by atoms with van der Waals surface area (Å²) in [6.45, 7) is 1.13. The van der Waals surface area contributed by atoms with E-state index in [1.165, 1.54) is 17.2 Å². The van der Waals surface area contributed by atoms with Crippen LogP contribution < -0.4 is 10.8 Å². The maximum absolute atomic E-state index is 12.6. The molecule has 3 nitrogen and oxygen atoms in total. The molecule has 0 bridgehead atoms. The highest BCUT2D eigenvalue weighted by Gasteiger charge is 2.33. The third-order valence-corrected chi connectivity index (χ3v) is 2.38. The van der Waals surface area contributed by atoms with Gasteiger partial charge in [0.2, 0.25) is 0 Å². The number of alkyl halides is 3. The van der Waals surface area contributed by atoms with Crippen LogP contribution in [0.2, 0.25) is 0 Å². The Bertz CT molecular complexity index is 386. The van der Waals surface area contributed by atoms with Gasteiger partial charge in [0.25, 0.3) is 0 Å². The minimum absolute atomic E-state index is 0.268. The van der Waals surface area contributed by atoms with Gasteiger partial charge in [-0.3, -0.25) is 9.90 Å². The topological polar surface area (TPSA) is 38.5 Å². The number of nitrogen functional groups attached to an aromatic ring is 1. The van der Waals surface area contributed by atoms with Crippen molar-refractivity contribution in [3.63, 3.8) is 0 Å². The highest BCUT2D eigenvalue weighted by Crippen LogP contribution is 2.36. The fourth-order valence-electron chi connectivity index (χ4n) is 1.60. The molecule has 0 amide bonds. The van der Waals surface area contributed by atoms with Gasteiger partial charge in [0.05, 0.1) is 17.9 Å². The Labute approximate surface area is 90.5 Å². The SMILES string of the molecule is Nc1ccc(N2CCCO2)cc1C(F)(F)F. The number of halogens is 3. The van der Waals surface area contributed by atoms with Crippen LogP contribution in [0, 0.1) is 0 Å². The lowest BCUT2D eigenvalue weighted by atomic mass is 10.1. The van der Waals surface area contributed by atoms with Crippen LogP contribution in [0.1, 0.15) is 12.0 Å². The van der Waals surface area contributed by atoms with E-state index in [4.69, 9.17) is 10.6 Å². The molecule has 1 aliphatic rings. The second kappa shape index (κ2) is 3.86. The Morgan fingerprint density at radius 3 is 2.62 bits per heavy atom. The first-order valence-electron chi connectivity index (χ1n) is 4.85. The molecular formula is C10H11F3N2O. The lowest BCUT2D eigenvalue weighted by Gasteiger charge is -2.18. The molecule has 0 aromatic heterocycles. The number of anilines is 2. The number of benzene rings is 1. The zero-order chi connectivity index (χ0) is 11.8. The Hall–Kier alpha value is -1.43. The van der Waals surface area contributed by atoms with Crippen molar-refractivity contribution >= 4 is 11.4 Å². The van der Waals surface area contributed by atoms with Crippen molar-refractivity contribution in [1.82, 2.24) is 0 Å². The van der Waals surface area contributed by atoms with Gasteiger partial charge in [-0.2, -0.15) is 13.2 Å². The molecule has 88 valence electrons. The second-order valence-electron chi connectivity index (χ2n) is 3.56. The van der Waals surface area contributed by atoms with E-state index in [2.05, 4.69) is 0 Å². The summed E-state index contributed by atoms with van der Waals surface area (Å²) in [6.07, 6.45) is -3.62. The molecule has 2 rings (SSSR count). The van der Waals surface area contributed by atoms with E-state index < -0.39 is 11.7 Å². The van der Waals surface area contributed by atoms with E-state index in [1.54, 1.807) is 0 Å². The first-order chi connectivity index (χ1) is 7.48. The van der Waals surface area contributed by atoms with Crippen LogP contribution >= 0.6 is 0 Å². The lowest BCUT2D eigenvalue weighted by Crippen LogP contribution is -2.17. The average Bonchev–Trinajstić information content (AvgIpc) is 2.69. The van der Waals surface area contributed by atoms with Gasteiger partial charge in [0.15, 0.2) is 0 Å². The van der Waals surface area contributed by atoms with Crippen molar-refractivity contribution in [2.45, 2.75) is 12.6 Å². The zero-order valence-corrected chi connectivity index (χ0v) is 8.42. The van der Waals surface area contributed by atoms with Gasteiger partial charge in [-0.05, 0) is 24.6 Å². The molecule has 1 saturated heterocycles. The van der Waals surface area contributed by atoms with Crippen molar-refractivity contribution in [3.8, 4) is 0 Å². The number of hydrogen-bond acceptors (Lipinski definition) is 3. The molecule has 0 unspecified atom stereocenters. The van der Waals surface area contributed by atoms with E-state index in [0.29, 0.717) is 18.8 Å². The van der Waals surface area contributed by atoms with Gasteiger partial charge < -0.3 is 5.73 Å². The predicted molar refractivity (Wildman–Crippen MR) is 53.8 cm³/mol. The molecule has 0 atom stereocenters. The molecule has 1 fully saturated rings. The second-order valence-corrected chi connectivity index (χ2v) is 3.56. The minimum atomic E-state index is -4.43. The van der Waals surface area contributed by atoms with Gasteiger partial charge in [0.1, 0.15) is 0 Å². The fourth-order valence-corrected chi connectivity index (χ4v) is 1.60. The molecule has 0 aliphatic carbocycles. The van der Waals surface area contributed by atoms with Crippen LogP contribution in [0.4, 0.5) is 24.5 Å². The van der Waals surface area contributed by atoms with Crippen molar-refractivity contribution in [1.29, 1.82) is 0 Å². The first-order valence-corrected chi connectivity index (χ1v) is 4.85. The molecule has 1 aromatic carbocycles. The Kier molecular flexibility index (Phi) is 2.67. The van der Waals surface area contributed by atoms with Crippen LogP contribution in [-0.2, 0) is 11.0 Å². The summed E-state index contributed by atoms with van der Waals surface area (Å²) in [6, 6.07) is 3.79. The van der Waals surface area contributed by atoms with Gasteiger partial charge in [-0.1, -0.05) is 0 Å².